The van der Waals surface area contributed by atoms with Gasteiger partial charge in [0.1, 0.15) is 16.4 Å². The molecule has 0 bridgehead atoms. The first-order valence-electron chi connectivity index (χ1n) is 7.55. The first kappa shape index (κ1) is 18.8. The van der Waals surface area contributed by atoms with Gasteiger partial charge in [-0.25, -0.2) is 13.1 Å². The van der Waals surface area contributed by atoms with Crippen molar-refractivity contribution in [1.29, 1.82) is 0 Å². The number of ether oxygens (including phenoxy) is 2. The van der Waals surface area contributed by atoms with E-state index in [-0.39, 0.29) is 22.8 Å². The number of carbonyl (C=O) groups is 1. The zero-order chi connectivity index (χ0) is 18.4. The molecule has 0 spiro atoms. The van der Waals surface area contributed by atoms with Crippen LogP contribution in [0.3, 0.4) is 0 Å². The summed E-state index contributed by atoms with van der Waals surface area (Å²) in [4.78, 5) is 12.4. The summed E-state index contributed by atoms with van der Waals surface area (Å²) in [6.07, 6.45) is 0. The van der Waals surface area contributed by atoms with Crippen LogP contribution in [0.1, 0.15) is 17.3 Å². The molecule has 2 N–H and O–H groups in total. The maximum atomic E-state index is 12.5. The van der Waals surface area contributed by atoms with Crippen molar-refractivity contribution in [3.05, 3.63) is 48.0 Å². The summed E-state index contributed by atoms with van der Waals surface area (Å²) in [5.41, 5.74) is 0.671. The minimum atomic E-state index is -3.77. The van der Waals surface area contributed by atoms with Gasteiger partial charge < -0.3 is 14.8 Å². The number of anilines is 1. The van der Waals surface area contributed by atoms with Gasteiger partial charge in [-0.15, -0.1) is 0 Å². The molecule has 25 heavy (non-hydrogen) atoms. The van der Waals surface area contributed by atoms with Crippen LogP contribution in [0, 0.1) is 0 Å². The van der Waals surface area contributed by atoms with E-state index < -0.39 is 15.9 Å². The van der Waals surface area contributed by atoms with E-state index in [1.54, 1.807) is 31.2 Å². The van der Waals surface area contributed by atoms with Crippen LogP contribution in [-0.2, 0) is 10.0 Å². The van der Waals surface area contributed by atoms with E-state index in [9.17, 15) is 13.2 Å². The van der Waals surface area contributed by atoms with Crippen LogP contribution in [0.4, 0.5) is 5.69 Å². The number of benzene rings is 2. The molecule has 0 saturated heterocycles. The summed E-state index contributed by atoms with van der Waals surface area (Å²) < 4.78 is 37.3. The van der Waals surface area contributed by atoms with Crippen LogP contribution >= 0.6 is 0 Å². The van der Waals surface area contributed by atoms with E-state index in [1.165, 1.54) is 32.4 Å². The molecule has 0 unspecified atom stereocenters. The summed E-state index contributed by atoms with van der Waals surface area (Å²) in [5, 5.41) is 2.71. The number of carbonyl (C=O) groups excluding carboxylic acids is 1. The maximum absolute atomic E-state index is 12.5. The summed E-state index contributed by atoms with van der Waals surface area (Å²) in [5.74, 6) is 0.208. The normalized spacial score (nSPS) is 11.0. The zero-order valence-corrected chi connectivity index (χ0v) is 15.0. The van der Waals surface area contributed by atoms with Crippen molar-refractivity contribution < 1.29 is 22.7 Å². The average Bonchev–Trinajstić information content (AvgIpc) is 2.61. The van der Waals surface area contributed by atoms with Gasteiger partial charge in [-0.1, -0.05) is 19.1 Å². The summed E-state index contributed by atoms with van der Waals surface area (Å²) in [7, 11) is -0.905. The van der Waals surface area contributed by atoms with Crippen molar-refractivity contribution >= 4 is 21.6 Å². The Morgan fingerprint density at radius 3 is 2.36 bits per heavy atom. The third-order valence-electron chi connectivity index (χ3n) is 3.40. The van der Waals surface area contributed by atoms with E-state index in [0.29, 0.717) is 11.4 Å². The van der Waals surface area contributed by atoms with Crippen molar-refractivity contribution in [1.82, 2.24) is 4.72 Å². The second kappa shape index (κ2) is 8.00. The number of para-hydroxylation sites is 2. The average molecular weight is 364 g/mol. The zero-order valence-electron chi connectivity index (χ0n) is 14.2. The fourth-order valence-electron chi connectivity index (χ4n) is 2.24. The number of methoxy groups -OCH3 is 2. The predicted molar refractivity (Wildman–Crippen MR) is 94.8 cm³/mol. The van der Waals surface area contributed by atoms with E-state index >= 15 is 0 Å². The van der Waals surface area contributed by atoms with Crippen LogP contribution in [0.2, 0.25) is 0 Å². The molecule has 0 fully saturated rings. The highest BCUT2D eigenvalue weighted by atomic mass is 32.2. The van der Waals surface area contributed by atoms with Crippen LogP contribution in [-0.4, -0.2) is 35.1 Å². The van der Waals surface area contributed by atoms with Gasteiger partial charge in [0, 0.05) is 12.1 Å². The molecule has 0 aromatic heterocycles. The third kappa shape index (κ3) is 4.28. The van der Waals surface area contributed by atoms with Crippen molar-refractivity contribution in [2.75, 3.05) is 26.1 Å². The number of nitrogens with one attached hydrogen (secondary N) is 2. The molecule has 7 nitrogen and oxygen atoms in total. The lowest BCUT2D eigenvalue weighted by Crippen LogP contribution is -2.24. The molecule has 1 amide bonds. The molecule has 0 aliphatic rings. The molecule has 2 rings (SSSR count). The third-order valence-corrected chi connectivity index (χ3v) is 4.97. The molecule has 2 aromatic carbocycles. The lowest BCUT2D eigenvalue weighted by atomic mass is 10.2. The summed E-state index contributed by atoms with van der Waals surface area (Å²) in [6.45, 7) is 1.89. The molecule has 0 aliphatic carbocycles. The molecular formula is C17H20N2O5S. The lowest BCUT2D eigenvalue weighted by Gasteiger charge is -2.13. The Bertz CT molecular complexity index is 865. The maximum Gasteiger partial charge on any atom is 0.255 e. The molecular weight excluding hydrogens is 344 g/mol. The van der Waals surface area contributed by atoms with Crippen molar-refractivity contribution in [2.24, 2.45) is 0 Å². The monoisotopic (exact) mass is 364 g/mol. The number of sulfonamides is 1. The number of hydrogen-bond donors (Lipinski definition) is 2. The van der Waals surface area contributed by atoms with Crippen LogP contribution in [0.15, 0.2) is 47.4 Å². The van der Waals surface area contributed by atoms with E-state index in [1.807, 2.05) is 0 Å². The fraction of sp³-hybridized carbons (Fsp3) is 0.235. The van der Waals surface area contributed by atoms with Crippen molar-refractivity contribution in [2.45, 2.75) is 11.8 Å². The van der Waals surface area contributed by atoms with Gasteiger partial charge in [0.05, 0.1) is 19.9 Å². The van der Waals surface area contributed by atoms with Crippen LogP contribution in [0.5, 0.6) is 11.5 Å². The minimum absolute atomic E-state index is 0.0930. The molecule has 0 atom stereocenters. The van der Waals surface area contributed by atoms with Crippen LogP contribution in [0.25, 0.3) is 0 Å². The second-order valence-corrected chi connectivity index (χ2v) is 6.76. The Morgan fingerprint density at radius 1 is 1.04 bits per heavy atom. The van der Waals surface area contributed by atoms with Crippen molar-refractivity contribution in [3.63, 3.8) is 0 Å². The number of hydrogen-bond acceptors (Lipinski definition) is 5. The number of amides is 1. The van der Waals surface area contributed by atoms with E-state index in [4.69, 9.17) is 9.47 Å². The van der Waals surface area contributed by atoms with Gasteiger partial charge in [0.25, 0.3) is 5.91 Å². The summed E-state index contributed by atoms with van der Waals surface area (Å²) >= 11 is 0. The quantitative estimate of drug-likeness (QED) is 0.786. The Labute approximate surface area is 147 Å². The molecule has 8 heteroatoms. The highest BCUT2D eigenvalue weighted by Gasteiger charge is 2.21. The van der Waals surface area contributed by atoms with Gasteiger partial charge in [0.15, 0.2) is 0 Å². The molecule has 0 heterocycles. The molecule has 0 saturated carbocycles. The van der Waals surface area contributed by atoms with Gasteiger partial charge in [0.2, 0.25) is 10.0 Å². The Balaban J connectivity index is 2.38. The Kier molecular flexibility index (Phi) is 6.00. The Hall–Kier alpha value is -2.58. The highest BCUT2D eigenvalue weighted by molar-refractivity contribution is 7.89. The first-order valence-corrected chi connectivity index (χ1v) is 9.03. The van der Waals surface area contributed by atoms with E-state index in [2.05, 4.69) is 10.0 Å². The number of rotatable bonds is 7. The molecule has 134 valence electrons. The first-order chi connectivity index (χ1) is 11.9. The van der Waals surface area contributed by atoms with Crippen molar-refractivity contribution in [3.8, 4) is 11.5 Å². The molecule has 0 radical (unpaired) electrons. The SMILES string of the molecule is CCNS(=O)(=O)c1cc(C(=O)Nc2ccccc2OC)ccc1OC. The highest BCUT2D eigenvalue weighted by Crippen LogP contribution is 2.27. The van der Waals surface area contributed by atoms with Gasteiger partial charge in [-0.2, -0.15) is 0 Å². The minimum Gasteiger partial charge on any atom is -0.495 e. The van der Waals surface area contributed by atoms with Crippen LogP contribution < -0.4 is 19.5 Å². The summed E-state index contributed by atoms with van der Waals surface area (Å²) in [6, 6.07) is 11.2. The lowest BCUT2D eigenvalue weighted by molar-refractivity contribution is 0.102. The predicted octanol–water partition coefficient (Wildman–Crippen LogP) is 2.25. The second-order valence-electron chi connectivity index (χ2n) is 5.02. The van der Waals surface area contributed by atoms with Gasteiger partial charge in [-0.05, 0) is 30.3 Å². The topological polar surface area (TPSA) is 93.7 Å². The Morgan fingerprint density at radius 2 is 1.72 bits per heavy atom. The fourth-order valence-corrected chi connectivity index (χ4v) is 3.47. The standard InChI is InChI=1S/C17H20N2O5S/c1-4-18-25(21,22)16-11-12(9-10-15(16)24-3)17(20)19-13-7-5-6-8-14(13)23-2/h5-11,18H,4H2,1-3H3,(H,19,20). The largest absolute Gasteiger partial charge is 0.495 e. The molecule has 0 aliphatic heterocycles. The molecule has 2 aromatic rings. The van der Waals surface area contributed by atoms with E-state index in [0.717, 1.165) is 0 Å². The van der Waals surface area contributed by atoms with Gasteiger partial charge >= 0.3 is 0 Å². The smallest absolute Gasteiger partial charge is 0.255 e. The van der Waals surface area contributed by atoms with Gasteiger partial charge in [-0.3, -0.25) is 4.79 Å².